The molecule has 1 heterocycles. The highest BCUT2D eigenvalue weighted by Gasteiger charge is 2.09. The maximum atomic E-state index is 9.13. The Labute approximate surface area is 139 Å². The van der Waals surface area contributed by atoms with Gasteiger partial charge >= 0.3 is 0 Å². The molecule has 1 aromatic heterocycles. The molecule has 0 saturated carbocycles. The number of hydrogen-bond acceptors (Lipinski definition) is 4. The molecule has 112 valence electrons. The largest absolute Gasteiger partial charge is 0.339 e. The van der Waals surface area contributed by atoms with Crippen molar-refractivity contribution in [2.75, 3.05) is 5.32 Å². The molecule has 4 nitrogen and oxygen atoms in total. The zero-order chi connectivity index (χ0) is 16.1. The lowest BCUT2D eigenvalue weighted by atomic mass is 10.0. The van der Waals surface area contributed by atoms with Gasteiger partial charge in [0.15, 0.2) is 11.0 Å². The average molecular weight is 321 g/mol. The first-order chi connectivity index (χ1) is 11.3. The van der Waals surface area contributed by atoms with E-state index in [1.54, 1.807) is 0 Å². The molecular formula is C18H13ClN4. The molecule has 0 bridgehead atoms. The van der Waals surface area contributed by atoms with Crippen molar-refractivity contribution in [1.82, 2.24) is 9.97 Å². The molecule has 0 unspecified atom stereocenters. The number of hydrogen-bond donors (Lipinski definition) is 1. The zero-order valence-electron chi connectivity index (χ0n) is 12.2. The predicted octanol–water partition coefficient (Wildman–Crippen LogP) is 4.34. The molecule has 0 aliphatic heterocycles. The lowest BCUT2D eigenvalue weighted by molar-refractivity contribution is 1.15. The van der Waals surface area contributed by atoms with E-state index in [0.717, 1.165) is 12.1 Å². The summed E-state index contributed by atoms with van der Waals surface area (Å²) in [5.74, 6) is 0.406. The van der Waals surface area contributed by atoms with Gasteiger partial charge in [-0.05, 0) is 29.7 Å². The number of aromatic nitrogens is 2. The first-order valence-corrected chi connectivity index (χ1v) is 7.44. The van der Waals surface area contributed by atoms with E-state index in [0.29, 0.717) is 5.82 Å². The monoisotopic (exact) mass is 320 g/mol. The third kappa shape index (κ3) is 3.65. The van der Waals surface area contributed by atoms with Crippen LogP contribution in [-0.4, -0.2) is 9.97 Å². The van der Waals surface area contributed by atoms with E-state index in [1.807, 2.05) is 48.5 Å². The molecule has 3 rings (SSSR count). The minimum Gasteiger partial charge on any atom is -0.339 e. The average Bonchev–Trinajstić information content (AvgIpc) is 2.58. The summed E-state index contributed by atoms with van der Waals surface area (Å²) in [6.45, 7) is 0. The number of nitrogens with zero attached hydrogens (tertiary/aromatic N) is 3. The standard InChI is InChI=1S/C18H13ClN4/c19-17-16(11-20)18(22-12-21-17)23-15-8-6-14(7-9-15)10-13-4-2-1-3-5-13/h1-9,12H,10H2,(H,21,22,23). The molecular weight excluding hydrogens is 308 g/mol. The maximum Gasteiger partial charge on any atom is 0.153 e. The second kappa shape index (κ2) is 6.91. The number of rotatable bonds is 4. The number of halogens is 1. The number of nitriles is 1. The van der Waals surface area contributed by atoms with Gasteiger partial charge in [-0.25, -0.2) is 9.97 Å². The van der Waals surface area contributed by atoms with Crippen LogP contribution in [0.3, 0.4) is 0 Å². The van der Waals surface area contributed by atoms with Crippen molar-refractivity contribution in [3.8, 4) is 6.07 Å². The Morgan fingerprint density at radius 1 is 0.957 bits per heavy atom. The Hall–Kier alpha value is -2.90. The van der Waals surface area contributed by atoms with Crippen molar-refractivity contribution in [2.24, 2.45) is 0 Å². The topological polar surface area (TPSA) is 61.6 Å². The van der Waals surface area contributed by atoms with Crippen LogP contribution in [0.2, 0.25) is 5.15 Å². The van der Waals surface area contributed by atoms with Crippen molar-refractivity contribution < 1.29 is 0 Å². The molecule has 0 amide bonds. The fraction of sp³-hybridized carbons (Fsp3) is 0.0556. The highest BCUT2D eigenvalue weighted by atomic mass is 35.5. The van der Waals surface area contributed by atoms with E-state index in [9.17, 15) is 0 Å². The normalized spacial score (nSPS) is 10.1. The predicted molar refractivity (Wildman–Crippen MR) is 90.7 cm³/mol. The molecule has 5 heteroatoms. The molecule has 0 atom stereocenters. The Kier molecular flexibility index (Phi) is 4.51. The van der Waals surface area contributed by atoms with Crippen LogP contribution >= 0.6 is 11.6 Å². The summed E-state index contributed by atoms with van der Waals surface area (Å²) in [6.07, 6.45) is 2.21. The summed E-state index contributed by atoms with van der Waals surface area (Å²) in [5, 5.41) is 12.4. The SMILES string of the molecule is N#Cc1c(Cl)ncnc1Nc1ccc(Cc2ccccc2)cc1. The fourth-order valence-corrected chi connectivity index (χ4v) is 2.41. The summed E-state index contributed by atoms with van der Waals surface area (Å²) < 4.78 is 0. The lowest BCUT2D eigenvalue weighted by Gasteiger charge is -2.08. The van der Waals surface area contributed by atoms with Gasteiger partial charge in [0.05, 0.1) is 0 Å². The van der Waals surface area contributed by atoms with Gasteiger partial charge in [-0.2, -0.15) is 5.26 Å². The van der Waals surface area contributed by atoms with Crippen molar-refractivity contribution in [2.45, 2.75) is 6.42 Å². The molecule has 1 N–H and O–H groups in total. The molecule has 3 aromatic rings. The number of benzene rings is 2. The number of nitrogens with one attached hydrogen (secondary N) is 1. The first-order valence-electron chi connectivity index (χ1n) is 7.07. The zero-order valence-corrected chi connectivity index (χ0v) is 13.0. The van der Waals surface area contributed by atoms with Gasteiger partial charge in [0.1, 0.15) is 18.0 Å². The van der Waals surface area contributed by atoms with Gasteiger partial charge in [0, 0.05) is 5.69 Å². The third-order valence-electron chi connectivity index (χ3n) is 3.38. The smallest absolute Gasteiger partial charge is 0.153 e. The van der Waals surface area contributed by atoms with E-state index in [-0.39, 0.29) is 10.7 Å². The van der Waals surface area contributed by atoms with Gasteiger partial charge in [-0.15, -0.1) is 0 Å². The van der Waals surface area contributed by atoms with Gasteiger partial charge in [0.25, 0.3) is 0 Å². The molecule has 0 aliphatic rings. The molecule has 0 saturated heterocycles. The highest BCUT2D eigenvalue weighted by Crippen LogP contribution is 2.23. The quantitative estimate of drug-likeness (QED) is 0.726. The molecule has 0 fully saturated rings. The van der Waals surface area contributed by atoms with Crippen molar-refractivity contribution in [1.29, 1.82) is 5.26 Å². The van der Waals surface area contributed by atoms with Crippen LogP contribution in [-0.2, 0) is 6.42 Å². The Morgan fingerprint density at radius 3 is 2.35 bits per heavy atom. The summed E-state index contributed by atoms with van der Waals surface area (Å²) in [4.78, 5) is 7.87. The first kappa shape index (κ1) is 15.0. The van der Waals surface area contributed by atoms with Gasteiger partial charge < -0.3 is 5.32 Å². The summed E-state index contributed by atoms with van der Waals surface area (Å²) in [7, 11) is 0. The summed E-state index contributed by atoms with van der Waals surface area (Å²) in [6, 6.07) is 20.3. The second-order valence-corrected chi connectivity index (χ2v) is 5.34. The van der Waals surface area contributed by atoms with Crippen LogP contribution < -0.4 is 5.32 Å². The second-order valence-electron chi connectivity index (χ2n) is 4.98. The van der Waals surface area contributed by atoms with E-state index in [4.69, 9.17) is 16.9 Å². The number of anilines is 2. The third-order valence-corrected chi connectivity index (χ3v) is 3.67. The van der Waals surface area contributed by atoms with Crippen molar-refractivity contribution >= 4 is 23.1 Å². The van der Waals surface area contributed by atoms with E-state index in [1.165, 1.54) is 17.5 Å². The van der Waals surface area contributed by atoms with Crippen LogP contribution in [0.15, 0.2) is 60.9 Å². The summed E-state index contributed by atoms with van der Waals surface area (Å²) in [5.41, 5.74) is 3.56. The Balaban J connectivity index is 1.76. The van der Waals surface area contributed by atoms with Crippen LogP contribution in [0.4, 0.5) is 11.5 Å². The molecule has 0 spiro atoms. The maximum absolute atomic E-state index is 9.13. The molecule has 2 aromatic carbocycles. The van der Waals surface area contributed by atoms with Crippen LogP contribution in [0, 0.1) is 11.3 Å². The minimum absolute atomic E-state index is 0.144. The van der Waals surface area contributed by atoms with Gasteiger partial charge in [0.2, 0.25) is 0 Å². The Bertz CT molecular complexity index is 839. The van der Waals surface area contributed by atoms with Crippen LogP contribution in [0.25, 0.3) is 0 Å². The van der Waals surface area contributed by atoms with E-state index < -0.39 is 0 Å². The van der Waals surface area contributed by atoms with Crippen LogP contribution in [0.1, 0.15) is 16.7 Å². The molecule has 0 aliphatic carbocycles. The highest BCUT2D eigenvalue weighted by molar-refractivity contribution is 6.30. The minimum atomic E-state index is 0.144. The van der Waals surface area contributed by atoms with Gasteiger partial charge in [-0.1, -0.05) is 54.1 Å². The lowest BCUT2D eigenvalue weighted by Crippen LogP contribution is -1.99. The Morgan fingerprint density at radius 2 is 1.65 bits per heavy atom. The molecule has 23 heavy (non-hydrogen) atoms. The van der Waals surface area contributed by atoms with Crippen LogP contribution in [0.5, 0.6) is 0 Å². The van der Waals surface area contributed by atoms with Gasteiger partial charge in [-0.3, -0.25) is 0 Å². The molecule has 0 radical (unpaired) electrons. The van der Waals surface area contributed by atoms with E-state index in [2.05, 4.69) is 27.4 Å². The van der Waals surface area contributed by atoms with Crippen molar-refractivity contribution in [3.63, 3.8) is 0 Å². The van der Waals surface area contributed by atoms with Crippen molar-refractivity contribution in [3.05, 3.63) is 82.8 Å². The fourth-order valence-electron chi connectivity index (χ4n) is 2.23. The van der Waals surface area contributed by atoms with E-state index >= 15 is 0 Å². The summed E-state index contributed by atoms with van der Waals surface area (Å²) >= 11 is 5.90.